The van der Waals surface area contributed by atoms with Gasteiger partial charge in [-0.05, 0) is 25.7 Å². The summed E-state index contributed by atoms with van der Waals surface area (Å²) in [7, 11) is 0. The number of ether oxygens (including phenoxy) is 1. The number of carboxylic acids is 1. The highest BCUT2D eigenvalue weighted by Gasteiger charge is 2.38. The maximum absolute atomic E-state index is 10.6. The first-order valence-electron chi connectivity index (χ1n) is 7.03. The van der Waals surface area contributed by atoms with E-state index in [2.05, 4.69) is 4.90 Å². The Bertz CT molecular complexity index is 344. The van der Waals surface area contributed by atoms with Gasteiger partial charge >= 0.3 is 12.1 Å². The van der Waals surface area contributed by atoms with E-state index in [1.165, 1.54) is 45.2 Å². The third-order valence-corrected chi connectivity index (χ3v) is 4.35. The molecule has 3 aliphatic rings. The molecule has 2 aliphatic heterocycles. The number of likely N-dealkylation sites (tertiary alicyclic amines) is 1. The smallest absolute Gasteiger partial charge is 0.475 e. The molecule has 0 bridgehead atoms. The van der Waals surface area contributed by atoms with E-state index < -0.39 is 12.1 Å². The SMILES string of the molecule is C1CC(N2CCC3OCCC3C2)C1.O=C(O)C(F)(F)F. The Balaban J connectivity index is 0.000000182. The zero-order chi connectivity index (χ0) is 14.8. The summed E-state index contributed by atoms with van der Waals surface area (Å²) < 4.78 is 37.4. The number of fused-ring (bicyclic) bond motifs is 1. The molecular formula is C13H20F3NO3. The fourth-order valence-electron chi connectivity index (χ4n) is 2.99. The fraction of sp³-hybridized carbons (Fsp3) is 0.923. The molecule has 3 fully saturated rings. The monoisotopic (exact) mass is 295 g/mol. The molecule has 4 nitrogen and oxygen atoms in total. The van der Waals surface area contributed by atoms with Crippen LogP contribution in [0, 0.1) is 5.92 Å². The lowest BCUT2D eigenvalue weighted by atomic mass is 9.86. The Labute approximate surface area is 115 Å². The van der Waals surface area contributed by atoms with Crippen molar-refractivity contribution >= 4 is 5.97 Å². The molecule has 20 heavy (non-hydrogen) atoms. The van der Waals surface area contributed by atoms with Crippen molar-refractivity contribution in [1.82, 2.24) is 4.90 Å². The van der Waals surface area contributed by atoms with Gasteiger partial charge in [0.15, 0.2) is 0 Å². The Morgan fingerprint density at radius 2 is 1.85 bits per heavy atom. The van der Waals surface area contributed by atoms with Crippen LogP contribution in [0.2, 0.25) is 0 Å². The predicted octanol–water partition coefficient (Wildman–Crippen LogP) is 2.28. The zero-order valence-electron chi connectivity index (χ0n) is 11.2. The Hall–Kier alpha value is -0.820. The highest BCUT2D eigenvalue weighted by Crippen LogP contribution is 2.33. The number of hydrogen-bond acceptors (Lipinski definition) is 3. The summed E-state index contributed by atoms with van der Waals surface area (Å²) in [5.74, 6) is -1.89. The summed E-state index contributed by atoms with van der Waals surface area (Å²) in [6.45, 7) is 3.65. The lowest BCUT2D eigenvalue weighted by molar-refractivity contribution is -0.192. The van der Waals surface area contributed by atoms with Crippen LogP contribution in [0.4, 0.5) is 13.2 Å². The minimum Gasteiger partial charge on any atom is -0.475 e. The van der Waals surface area contributed by atoms with Crippen molar-refractivity contribution in [3.63, 3.8) is 0 Å². The first-order chi connectivity index (χ1) is 9.38. The molecule has 116 valence electrons. The van der Waals surface area contributed by atoms with E-state index >= 15 is 0 Å². The summed E-state index contributed by atoms with van der Waals surface area (Å²) in [6, 6.07) is 0.946. The molecule has 2 saturated heterocycles. The summed E-state index contributed by atoms with van der Waals surface area (Å²) in [5.41, 5.74) is 0. The second-order valence-electron chi connectivity index (χ2n) is 5.63. The normalized spacial score (nSPS) is 30.9. The van der Waals surface area contributed by atoms with Gasteiger partial charge in [0.25, 0.3) is 0 Å². The molecule has 0 aromatic rings. The number of rotatable bonds is 1. The molecule has 0 aromatic heterocycles. The number of carboxylic acid groups (broad SMARTS) is 1. The van der Waals surface area contributed by atoms with Gasteiger partial charge in [0.2, 0.25) is 0 Å². The first kappa shape index (κ1) is 15.6. The minimum absolute atomic E-state index is 0.622. The number of carbonyl (C=O) groups is 1. The first-order valence-corrected chi connectivity index (χ1v) is 7.03. The van der Waals surface area contributed by atoms with Crippen LogP contribution in [0.25, 0.3) is 0 Å². The summed E-state index contributed by atoms with van der Waals surface area (Å²) >= 11 is 0. The van der Waals surface area contributed by atoms with E-state index in [4.69, 9.17) is 14.6 Å². The van der Waals surface area contributed by atoms with E-state index in [0.717, 1.165) is 18.6 Å². The summed E-state index contributed by atoms with van der Waals surface area (Å²) in [6.07, 6.45) is 2.52. The van der Waals surface area contributed by atoms with Crippen molar-refractivity contribution in [2.24, 2.45) is 5.92 Å². The molecule has 2 heterocycles. The van der Waals surface area contributed by atoms with Gasteiger partial charge in [0.1, 0.15) is 0 Å². The number of halogens is 3. The number of piperidine rings is 1. The van der Waals surface area contributed by atoms with Crippen LogP contribution in [0.1, 0.15) is 32.1 Å². The summed E-state index contributed by atoms with van der Waals surface area (Å²) in [5, 5.41) is 7.12. The van der Waals surface area contributed by atoms with Gasteiger partial charge in [0, 0.05) is 31.7 Å². The van der Waals surface area contributed by atoms with Crippen molar-refractivity contribution in [2.75, 3.05) is 19.7 Å². The number of nitrogens with zero attached hydrogens (tertiary/aromatic N) is 1. The summed E-state index contributed by atoms with van der Waals surface area (Å²) in [4.78, 5) is 11.6. The minimum atomic E-state index is -5.08. The van der Waals surface area contributed by atoms with Crippen molar-refractivity contribution in [1.29, 1.82) is 0 Å². The third kappa shape index (κ3) is 3.85. The largest absolute Gasteiger partial charge is 0.490 e. The molecule has 1 N–H and O–H groups in total. The molecule has 7 heteroatoms. The van der Waals surface area contributed by atoms with Gasteiger partial charge in [0.05, 0.1) is 6.10 Å². The van der Waals surface area contributed by atoms with Crippen LogP contribution in [-0.2, 0) is 9.53 Å². The van der Waals surface area contributed by atoms with E-state index in [1.54, 1.807) is 0 Å². The maximum atomic E-state index is 10.6. The van der Waals surface area contributed by atoms with Crippen LogP contribution in [0.5, 0.6) is 0 Å². The zero-order valence-corrected chi connectivity index (χ0v) is 11.2. The Morgan fingerprint density at radius 1 is 1.20 bits per heavy atom. The highest BCUT2D eigenvalue weighted by molar-refractivity contribution is 5.73. The quantitative estimate of drug-likeness (QED) is 0.806. The topological polar surface area (TPSA) is 49.8 Å². The molecule has 1 saturated carbocycles. The Morgan fingerprint density at radius 3 is 2.35 bits per heavy atom. The van der Waals surface area contributed by atoms with Crippen molar-refractivity contribution in [2.45, 2.75) is 50.4 Å². The molecule has 0 amide bonds. The van der Waals surface area contributed by atoms with E-state index in [9.17, 15) is 13.2 Å². The van der Waals surface area contributed by atoms with Crippen LogP contribution < -0.4 is 0 Å². The maximum Gasteiger partial charge on any atom is 0.490 e. The molecular weight excluding hydrogens is 275 g/mol. The lowest BCUT2D eigenvalue weighted by Crippen LogP contribution is -2.48. The van der Waals surface area contributed by atoms with Crippen molar-refractivity contribution in [3.05, 3.63) is 0 Å². The van der Waals surface area contributed by atoms with Crippen LogP contribution >= 0.6 is 0 Å². The van der Waals surface area contributed by atoms with Gasteiger partial charge in [-0.1, -0.05) is 6.42 Å². The van der Waals surface area contributed by atoms with Gasteiger partial charge in [-0.25, -0.2) is 4.79 Å². The van der Waals surface area contributed by atoms with Gasteiger partial charge in [-0.2, -0.15) is 13.2 Å². The van der Waals surface area contributed by atoms with Gasteiger partial charge < -0.3 is 9.84 Å². The molecule has 2 atom stereocenters. The second kappa shape index (κ2) is 6.30. The molecule has 3 rings (SSSR count). The third-order valence-electron chi connectivity index (χ3n) is 4.35. The molecule has 1 aliphatic carbocycles. The van der Waals surface area contributed by atoms with E-state index in [0.29, 0.717) is 6.10 Å². The van der Waals surface area contributed by atoms with E-state index in [-0.39, 0.29) is 0 Å². The van der Waals surface area contributed by atoms with E-state index in [1.807, 2.05) is 0 Å². The molecule has 0 radical (unpaired) electrons. The number of aliphatic carboxylic acids is 1. The van der Waals surface area contributed by atoms with Gasteiger partial charge in [-0.15, -0.1) is 0 Å². The predicted molar refractivity (Wildman–Crippen MR) is 65.4 cm³/mol. The average molecular weight is 295 g/mol. The molecule has 0 aromatic carbocycles. The Kier molecular flexibility index (Phi) is 4.90. The highest BCUT2D eigenvalue weighted by atomic mass is 19.4. The van der Waals surface area contributed by atoms with Crippen LogP contribution in [-0.4, -0.2) is 54.0 Å². The lowest BCUT2D eigenvalue weighted by Gasteiger charge is -2.43. The molecule has 2 unspecified atom stereocenters. The van der Waals surface area contributed by atoms with Gasteiger partial charge in [-0.3, -0.25) is 4.90 Å². The number of hydrogen-bond donors (Lipinski definition) is 1. The molecule has 0 spiro atoms. The second-order valence-corrected chi connectivity index (χ2v) is 5.63. The van der Waals surface area contributed by atoms with Crippen molar-refractivity contribution < 1.29 is 27.8 Å². The standard InChI is InChI=1S/C11H19NO.C2HF3O2/c1-2-10(3-1)12-6-4-11-9(8-12)5-7-13-11;3-2(4,5)1(6)7/h9-11H,1-8H2;(H,6,7). The van der Waals surface area contributed by atoms with Crippen LogP contribution in [0.15, 0.2) is 0 Å². The van der Waals surface area contributed by atoms with Crippen molar-refractivity contribution in [3.8, 4) is 0 Å². The average Bonchev–Trinajstić information content (AvgIpc) is 2.73. The number of alkyl halides is 3. The van der Waals surface area contributed by atoms with Crippen LogP contribution in [0.3, 0.4) is 0 Å². The fourth-order valence-corrected chi connectivity index (χ4v) is 2.99.